The van der Waals surface area contributed by atoms with Crippen LogP contribution in [0.3, 0.4) is 0 Å². The highest BCUT2D eigenvalue weighted by atomic mass is 32.2. The molecule has 0 aliphatic heterocycles. The standard InChI is InChI=1S/C34H54O2S/c1-11-13-15-17-19-35-29-21-25(3)31(23-27(29)33(5,6)7)37-32-24-28(34(8,9)10)30(22-26(32)4)36-20-18-16-14-12-2/h21-24H,11-20H2,1-10H3. The maximum Gasteiger partial charge on any atom is 0.123 e. The van der Waals surface area contributed by atoms with Crippen LogP contribution in [0.1, 0.15) is 129 Å². The van der Waals surface area contributed by atoms with Crippen molar-refractivity contribution in [3.8, 4) is 11.5 Å². The second-order valence-electron chi connectivity index (χ2n) is 12.6. The number of hydrogen-bond donors (Lipinski definition) is 0. The van der Waals surface area contributed by atoms with Gasteiger partial charge >= 0.3 is 0 Å². The van der Waals surface area contributed by atoms with Gasteiger partial charge in [-0.05, 0) is 72.9 Å². The van der Waals surface area contributed by atoms with Crippen LogP contribution < -0.4 is 9.47 Å². The molecule has 0 unspecified atom stereocenters. The largest absolute Gasteiger partial charge is 0.493 e. The van der Waals surface area contributed by atoms with Crippen molar-refractivity contribution in [2.45, 2.75) is 141 Å². The summed E-state index contributed by atoms with van der Waals surface area (Å²) in [6.07, 6.45) is 9.78. The third kappa shape index (κ3) is 9.89. The molecule has 3 heteroatoms. The molecular formula is C34H54O2S. The van der Waals surface area contributed by atoms with E-state index in [0.717, 1.165) is 37.6 Å². The lowest BCUT2D eigenvalue weighted by atomic mass is 9.85. The van der Waals surface area contributed by atoms with E-state index in [4.69, 9.17) is 9.47 Å². The van der Waals surface area contributed by atoms with Crippen molar-refractivity contribution in [2.24, 2.45) is 0 Å². The van der Waals surface area contributed by atoms with Crippen LogP contribution in [0.25, 0.3) is 0 Å². The molecule has 0 spiro atoms. The third-order valence-electron chi connectivity index (χ3n) is 6.90. The average Bonchev–Trinajstić information content (AvgIpc) is 2.80. The van der Waals surface area contributed by atoms with E-state index >= 15 is 0 Å². The van der Waals surface area contributed by atoms with Gasteiger partial charge in [0.05, 0.1) is 13.2 Å². The van der Waals surface area contributed by atoms with Gasteiger partial charge in [0.2, 0.25) is 0 Å². The topological polar surface area (TPSA) is 18.5 Å². The number of benzene rings is 2. The first-order valence-corrected chi connectivity index (χ1v) is 15.4. The Morgan fingerprint density at radius 1 is 0.568 bits per heavy atom. The van der Waals surface area contributed by atoms with Gasteiger partial charge in [0.1, 0.15) is 11.5 Å². The van der Waals surface area contributed by atoms with Crippen LogP contribution in [0.2, 0.25) is 0 Å². The lowest BCUT2D eigenvalue weighted by molar-refractivity contribution is 0.296. The molecule has 0 fully saturated rings. The molecule has 0 aliphatic carbocycles. The van der Waals surface area contributed by atoms with Gasteiger partial charge in [-0.15, -0.1) is 0 Å². The Kier molecular flexibility index (Phi) is 12.4. The maximum atomic E-state index is 6.34. The van der Waals surface area contributed by atoms with Gasteiger partial charge in [0.15, 0.2) is 0 Å². The predicted molar refractivity (Wildman–Crippen MR) is 163 cm³/mol. The molecule has 2 rings (SSSR count). The highest BCUT2D eigenvalue weighted by Crippen LogP contribution is 2.43. The highest BCUT2D eigenvalue weighted by molar-refractivity contribution is 7.99. The molecule has 0 aliphatic rings. The molecule has 0 N–H and O–H groups in total. The second kappa shape index (κ2) is 14.5. The molecule has 2 aromatic carbocycles. The van der Waals surface area contributed by atoms with Crippen LogP contribution >= 0.6 is 11.8 Å². The molecule has 2 aromatic rings. The molecule has 0 saturated heterocycles. The number of unbranched alkanes of at least 4 members (excludes halogenated alkanes) is 6. The molecule has 0 radical (unpaired) electrons. The summed E-state index contributed by atoms with van der Waals surface area (Å²) in [4.78, 5) is 2.61. The smallest absolute Gasteiger partial charge is 0.123 e. The lowest BCUT2D eigenvalue weighted by Gasteiger charge is -2.26. The Bertz CT molecular complexity index is 899. The minimum absolute atomic E-state index is 0.0167. The summed E-state index contributed by atoms with van der Waals surface area (Å²) >= 11 is 1.88. The van der Waals surface area contributed by atoms with E-state index in [9.17, 15) is 0 Å². The van der Waals surface area contributed by atoms with Gasteiger partial charge in [-0.25, -0.2) is 0 Å². The molecule has 0 bridgehead atoms. The number of hydrogen-bond acceptors (Lipinski definition) is 3. The molecule has 208 valence electrons. The maximum absolute atomic E-state index is 6.34. The Morgan fingerprint density at radius 2 is 0.946 bits per heavy atom. The number of aryl methyl sites for hydroxylation is 2. The van der Waals surface area contributed by atoms with Crippen LogP contribution in [0.15, 0.2) is 34.1 Å². The normalized spacial score (nSPS) is 12.2. The van der Waals surface area contributed by atoms with E-state index < -0.39 is 0 Å². The highest BCUT2D eigenvalue weighted by Gasteiger charge is 2.24. The summed E-state index contributed by atoms with van der Waals surface area (Å²) in [6, 6.07) is 9.26. The average molecular weight is 527 g/mol. The molecular weight excluding hydrogens is 472 g/mol. The first kappa shape index (κ1) is 31.6. The second-order valence-corrected chi connectivity index (χ2v) is 13.7. The third-order valence-corrected chi connectivity index (χ3v) is 8.22. The van der Waals surface area contributed by atoms with E-state index in [1.807, 2.05) is 11.8 Å². The van der Waals surface area contributed by atoms with Crippen LogP contribution in [0, 0.1) is 13.8 Å². The Labute approximate surface area is 233 Å². The van der Waals surface area contributed by atoms with Gasteiger partial charge in [-0.3, -0.25) is 0 Å². The molecule has 0 heterocycles. The van der Waals surface area contributed by atoms with Crippen LogP contribution in [-0.4, -0.2) is 13.2 Å². The molecule has 37 heavy (non-hydrogen) atoms. The van der Waals surface area contributed by atoms with Crippen molar-refractivity contribution < 1.29 is 9.47 Å². The molecule has 0 atom stereocenters. The van der Waals surface area contributed by atoms with Crippen molar-refractivity contribution in [3.05, 3.63) is 46.5 Å². The number of rotatable bonds is 14. The minimum Gasteiger partial charge on any atom is -0.493 e. The Morgan fingerprint density at radius 3 is 1.27 bits per heavy atom. The fourth-order valence-electron chi connectivity index (χ4n) is 4.49. The van der Waals surface area contributed by atoms with E-state index in [-0.39, 0.29) is 10.8 Å². The van der Waals surface area contributed by atoms with E-state index in [1.165, 1.54) is 70.6 Å². The van der Waals surface area contributed by atoms with Crippen molar-refractivity contribution in [1.82, 2.24) is 0 Å². The monoisotopic (exact) mass is 526 g/mol. The molecule has 0 aromatic heterocycles. The van der Waals surface area contributed by atoms with E-state index in [1.54, 1.807) is 0 Å². The van der Waals surface area contributed by atoms with Gasteiger partial charge < -0.3 is 9.47 Å². The van der Waals surface area contributed by atoms with Gasteiger partial charge in [0, 0.05) is 20.9 Å². The predicted octanol–water partition coefficient (Wildman–Crippen LogP) is 11.0. The van der Waals surface area contributed by atoms with Gasteiger partial charge in [-0.1, -0.05) is 106 Å². The van der Waals surface area contributed by atoms with Crippen molar-refractivity contribution in [3.63, 3.8) is 0 Å². The van der Waals surface area contributed by atoms with Crippen molar-refractivity contribution in [1.29, 1.82) is 0 Å². The van der Waals surface area contributed by atoms with Gasteiger partial charge in [-0.2, -0.15) is 0 Å². The van der Waals surface area contributed by atoms with Crippen molar-refractivity contribution >= 4 is 11.8 Å². The molecule has 0 saturated carbocycles. The fourth-order valence-corrected chi connectivity index (χ4v) is 5.52. The van der Waals surface area contributed by atoms with E-state index in [2.05, 4.69) is 93.5 Å². The van der Waals surface area contributed by atoms with Gasteiger partial charge in [0.25, 0.3) is 0 Å². The minimum atomic E-state index is 0.0167. The lowest BCUT2D eigenvalue weighted by Crippen LogP contribution is -2.15. The fraction of sp³-hybridized carbons (Fsp3) is 0.647. The van der Waals surface area contributed by atoms with Crippen LogP contribution in [0.4, 0.5) is 0 Å². The summed E-state index contributed by atoms with van der Waals surface area (Å²) < 4.78 is 12.7. The molecule has 2 nitrogen and oxygen atoms in total. The van der Waals surface area contributed by atoms with Crippen LogP contribution in [0.5, 0.6) is 11.5 Å². The summed E-state index contributed by atoms with van der Waals surface area (Å²) in [5.74, 6) is 2.09. The number of ether oxygens (including phenoxy) is 2. The summed E-state index contributed by atoms with van der Waals surface area (Å²) in [6.45, 7) is 24.2. The zero-order valence-corrected chi connectivity index (χ0v) is 26.4. The molecule has 0 amide bonds. The first-order chi connectivity index (χ1) is 17.4. The zero-order valence-electron chi connectivity index (χ0n) is 25.6. The SMILES string of the molecule is CCCCCCOc1cc(C)c(Sc2cc(C(C)(C)C)c(OCCCCCC)cc2C)cc1C(C)(C)C. The zero-order chi connectivity index (χ0) is 27.6. The Balaban J connectivity index is 2.33. The van der Waals surface area contributed by atoms with Crippen LogP contribution in [-0.2, 0) is 10.8 Å². The summed E-state index contributed by atoms with van der Waals surface area (Å²) in [7, 11) is 0. The quantitative estimate of drug-likeness (QED) is 0.228. The Hall–Kier alpha value is -1.61. The first-order valence-electron chi connectivity index (χ1n) is 14.6. The van der Waals surface area contributed by atoms with Crippen molar-refractivity contribution in [2.75, 3.05) is 13.2 Å². The summed E-state index contributed by atoms with van der Waals surface area (Å²) in [5.41, 5.74) is 5.16. The van der Waals surface area contributed by atoms with E-state index in [0.29, 0.717) is 0 Å². The summed E-state index contributed by atoms with van der Waals surface area (Å²) in [5, 5.41) is 0.